The molecule has 1 aliphatic rings. The van der Waals surface area contributed by atoms with Crippen molar-refractivity contribution in [2.75, 3.05) is 13.1 Å². The third kappa shape index (κ3) is 2.28. The van der Waals surface area contributed by atoms with Crippen molar-refractivity contribution in [3.05, 3.63) is 44.4 Å². The second-order valence-electron chi connectivity index (χ2n) is 4.48. The molecule has 0 saturated carbocycles. The van der Waals surface area contributed by atoms with E-state index in [-0.39, 0.29) is 6.04 Å². The molecule has 3 rings (SSSR count). The van der Waals surface area contributed by atoms with E-state index in [0.717, 1.165) is 29.9 Å². The first-order valence-electron chi connectivity index (χ1n) is 6.02. The van der Waals surface area contributed by atoms with E-state index in [1.807, 2.05) is 23.5 Å². The lowest BCUT2D eigenvalue weighted by Crippen LogP contribution is -2.37. The summed E-state index contributed by atoms with van der Waals surface area (Å²) in [6.45, 7) is 2.60. The van der Waals surface area contributed by atoms with Gasteiger partial charge in [-0.1, -0.05) is 0 Å². The molecule has 96 valence electrons. The Morgan fingerprint density at radius 3 is 3.06 bits per heavy atom. The summed E-state index contributed by atoms with van der Waals surface area (Å²) in [5, 5.41) is 2.18. The molecule has 0 amide bonds. The van der Waals surface area contributed by atoms with Crippen molar-refractivity contribution in [3.8, 4) is 0 Å². The van der Waals surface area contributed by atoms with Crippen LogP contribution in [-0.2, 0) is 13.0 Å². The van der Waals surface area contributed by atoms with E-state index in [4.69, 9.17) is 10.2 Å². The molecular formula is C13H15BrN2OS. The number of nitrogens with zero attached hydrogens (tertiary/aromatic N) is 1. The maximum atomic E-state index is 5.93. The van der Waals surface area contributed by atoms with E-state index >= 15 is 0 Å². The maximum absolute atomic E-state index is 5.93. The minimum atomic E-state index is 0.171. The van der Waals surface area contributed by atoms with Crippen molar-refractivity contribution in [2.45, 2.75) is 19.0 Å². The van der Waals surface area contributed by atoms with Gasteiger partial charge in [-0.3, -0.25) is 4.90 Å². The molecule has 0 spiro atoms. The van der Waals surface area contributed by atoms with Crippen molar-refractivity contribution < 1.29 is 4.42 Å². The number of furan rings is 1. The SMILES string of the molecule is NCC(c1ccc(Br)o1)N1CCc2sccc2C1. The zero-order valence-corrected chi connectivity index (χ0v) is 12.3. The van der Waals surface area contributed by atoms with Crippen LogP contribution in [0.15, 0.2) is 32.7 Å². The fourth-order valence-corrected chi connectivity index (χ4v) is 3.70. The Morgan fingerprint density at radius 2 is 2.33 bits per heavy atom. The van der Waals surface area contributed by atoms with E-state index in [1.54, 1.807) is 0 Å². The number of halogens is 1. The van der Waals surface area contributed by atoms with E-state index < -0.39 is 0 Å². The molecule has 0 fully saturated rings. The third-order valence-electron chi connectivity index (χ3n) is 3.42. The van der Waals surface area contributed by atoms with Crippen LogP contribution >= 0.6 is 27.3 Å². The molecular weight excluding hydrogens is 312 g/mol. The van der Waals surface area contributed by atoms with Gasteiger partial charge in [-0.05, 0) is 51.5 Å². The van der Waals surface area contributed by atoms with E-state index in [9.17, 15) is 0 Å². The smallest absolute Gasteiger partial charge is 0.169 e. The first-order valence-corrected chi connectivity index (χ1v) is 7.70. The first-order chi connectivity index (χ1) is 8.78. The van der Waals surface area contributed by atoms with E-state index in [1.165, 1.54) is 10.4 Å². The second-order valence-corrected chi connectivity index (χ2v) is 6.27. The van der Waals surface area contributed by atoms with Gasteiger partial charge in [-0.25, -0.2) is 0 Å². The molecule has 1 unspecified atom stereocenters. The summed E-state index contributed by atoms with van der Waals surface area (Å²) in [6, 6.07) is 6.32. The van der Waals surface area contributed by atoms with Crippen molar-refractivity contribution in [1.29, 1.82) is 0 Å². The summed E-state index contributed by atoms with van der Waals surface area (Å²) in [5.41, 5.74) is 7.37. The third-order valence-corrected chi connectivity index (χ3v) is 4.87. The monoisotopic (exact) mass is 326 g/mol. The molecule has 2 N–H and O–H groups in total. The first kappa shape index (κ1) is 12.4. The minimum absolute atomic E-state index is 0.171. The Labute approximate surface area is 119 Å². The minimum Gasteiger partial charge on any atom is -0.453 e. The topological polar surface area (TPSA) is 42.4 Å². The van der Waals surface area contributed by atoms with Crippen LogP contribution in [-0.4, -0.2) is 18.0 Å². The zero-order chi connectivity index (χ0) is 12.5. The van der Waals surface area contributed by atoms with Gasteiger partial charge >= 0.3 is 0 Å². The van der Waals surface area contributed by atoms with Crippen LogP contribution in [0.4, 0.5) is 0 Å². The Balaban J connectivity index is 1.82. The van der Waals surface area contributed by atoms with Crippen molar-refractivity contribution in [3.63, 3.8) is 0 Å². The zero-order valence-electron chi connectivity index (χ0n) is 9.93. The molecule has 0 radical (unpaired) electrons. The Kier molecular flexibility index (Phi) is 3.56. The molecule has 18 heavy (non-hydrogen) atoms. The number of fused-ring (bicyclic) bond motifs is 1. The van der Waals surface area contributed by atoms with Gasteiger partial charge in [0.15, 0.2) is 4.67 Å². The van der Waals surface area contributed by atoms with Crippen molar-refractivity contribution in [1.82, 2.24) is 4.90 Å². The van der Waals surface area contributed by atoms with Gasteiger partial charge < -0.3 is 10.2 Å². The van der Waals surface area contributed by atoms with Gasteiger partial charge in [0.2, 0.25) is 0 Å². The maximum Gasteiger partial charge on any atom is 0.169 e. The Morgan fingerprint density at radius 1 is 1.44 bits per heavy atom. The summed E-state index contributed by atoms with van der Waals surface area (Å²) in [7, 11) is 0. The van der Waals surface area contributed by atoms with Crippen LogP contribution in [0.1, 0.15) is 22.2 Å². The second kappa shape index (κ2) is 5.17. The highest BCUT2D eigenvalue weighted by Crippen LogP contribution is 2.31. The van der Waals surface area contributed by atoms with Gasteiger partial charge in [0.05, 0.1) is 6.04 Å². The van der Waals surface area contributed by atoms with Crippen LogP contribution in [0.2, 0.25) is 0 Å². The molecule has 2 aromatic rings. The molecule has 3 nitrogen and oxygen atoms in total. The van der Waals surface area contributed by atoms with Crippen molar-refractivity contribution in [2.24, 2.45) is 5.73 Å². The largest absolute Gasteiger partial charge is 0.453 e. The lowest BCUT2D eigenvalue weighted by atomic mass is 10.1. The van der Waals surface area contributed by atoms with E-state index in [0.29, 0.717) is 6.54 Å². The predicted molar refractivity (Wildman–Crippen MR) is 76.6 cm³/mol. The molecule has 0 bridgehead atoms. The highest BCUT2D eigenvalue weighted by Gasteiger charge is 2.26. The highest BCUT2D eigenvalue weighted by atomic mass is 79.9. The summed E-state index contributed by atoms with van der Waals surface area (Å²) in [6.07, 6.45) is 1.12. The quantitative estimate of drug-likeness (QED) is 0.942. The molecule has 1 atom stereocenters. The van der Waals surface area contributed by atoms with Gasteiger partial charge in [0.25, 0.3) is 0 Å². The predicted octanol–water partition coefficient (Wildman–Crippen LogP) is 3.16. The van der Waals surface area contributed by atoms with Gasteiger partial charge in [-0.15, -0.1) is 11.3 Å². The van der Waals surface area contributed by atoms with Crippen molar-refractivity contribution >= 4 is 27.3 Å². The van der Waals surface area contributed by atoms with Gasteiger partial charge in [0.1, 0.15) is 5.76 Å². The number of nitrogens with two attached hydrogens (primary N) is 1. The highest BCUT2D eigenvalue weighted by molar-refractivity contribution is 9.10. The molecule has 2 aromatic heterocycles. The van der Waals surface area contributed by atoms with Gasteiger partial charge in [-0.2, -0.15) is 0 Å². The van der Waals surface area contributed by atoms with Crippen LogP contribution in [0.3, 0.4) is 0 Å². The summed E-state index contributed by atoms with van der Waals surface area (Å²) in [4.78, 5) is 3.92. The lowest BCUT2D eigenvalue weighted by Gasteiger charge is -2.32. The molecule has 3 heterocycles. The molecule has 0 aliphatic carbocycles. The average Bonchev–Trinajstić information content (AvgIpc) is 2.99. The average molecular weight is 327 g/mol. The van der Waals surface area contributed by atoms with Crippen LogP contribution in [0.5, 0.6) is 0 Å². The van der Waals surface area contributed by atoms with E-state index in [2.05, 4.69) is 32.3 Å². The van der Waals surface area contributed by atoms with Crippen LogP contribution in [0, 0.1) is 0 Å². The Hall–Kier alpha value is -0.620. The van der Waals surface area contributed by atoms with Crippen LogP contribution in [0.25, 0.3) is 0 Å². The number of hydrogen-bond acceptors (Lipinski definition) is 4. The summed E-state index contributed by atoms with van der Waals surface area (Å²) < 4.78 is 6.42. The number of rotatable bonds is 3. The standard InChI is InChI=1S/C13H15BrN2OS/c14-13-2-1-11(17-13)10(7-15)16-5-3-12-9(8-16)4-6-18-12/h1-2,4,6,10H,3,5,7-8,15H2. The van der Waals surface area contributed by atoms with Gasteiger partial charge in [0, 0.05) is 24.5 Å². The fraction of sp³-hybridized carbons (Fsp3) is 0.385. The molecule has 1 aliphatic heterocycles. The van der Waals surface area contributed by atoms with Crippen LogP contribution < -0.4 is 5.73 Å². The molecule has 0 saturated heterocycles. The Bertz CT molecular complexity index is 537. The molecule has 0 aromatic carbocycles. The number of hydrogen-bond donors (Lipinski definition) is 1. The number of thiophene rings is 1. The normalized spacial score (nSPS) is 17.7. The molecule has 5 heteroatoms. The summed E-state index contributed by atoms with van der Waals surface area (Å²) >= 11 is 5.21. The lowest BCUT2D eigenvalue weighted by molar-refractivity contribution is 0.163. The summed E-state index contributed by atoms with van der Waals surface area (Å²) in [5.74, 6) is 0.947. The fourth-order valence-electron chi connectivity index (χ4n) is 2.49.